The van der Waals surface area contributed by atoms with Gasteiger partial charge in [0.05, 0.1) is 11.0 Å². The average Bonchev–Trinajstić information content (AvgIpc) is 2.74. The molecule has 122 valence electrons. The van der Waals surface area contributed by atoms with E-state index in [0.717, 1.165) is 24.1 Å². The summed E-state index contributed by atoms with van der Waals surface area (Å²) >= 11 is 0. The Morgan fingerprint density at radius 2 is 1.43 bits per heavy atom. The van der Waals surface area contributed by atoms with Crippen LogP contribution in [0.15, 0.2) is 47.3 Å². The molecule has 0 bridgehead atoms. The number of benzene rings is 2. The van der Waals surface area contributed by atoms with E-state index in [2.05, 4.69) is 48.6 Å². The van der Waals surface area contributed by atoms with Gasteiger partial charge >= 0.3 is 5.69 Å². The molecular weight excluding hydrogens is 310 g/mol. The molecule has 4 nitrogen and oxygen atoms in total. The zero-order valence-electron chi connectivity index (χ0n) is 13.6. The van der Waals surface area contributed by atoms with Gasteiger partial charge in [-0.15, -0.1) is 0 Å². The second-order valence-electron chi connectivity index (χ2n) is 5.81. The predicted octanol–water partition coefficient (Wildman–Crippen LogP) is -0.521. The van der Waals surface area contributed by atoms with Crippen LogP contribution in [-0.2, 0) is 27.2 Å². The van der Waals surface area contributed by atoms with Crippen LogP contribution >= 0.6 is 0 Å². The quantitative estimate of drug-likeness (QED) is 0.699. The highest BCUT2D eigenvalue weighted by Crippen LogP contribution is 2.14. The molecule has 0 saturated carbocycles. The van der Waals surface area contributed by atoms with Crippen LogP contribution in [0.5, 0.6) is 0 Å². The number of nitrogens with one attached hydrogen (secondary N) is 1. The Hall–Kier alpha value is -2.04. The monoisotopic (exact) mass is 330 g/mol. The number of rotatable bonds is 4. The van der Waals surface area contributed by atoms with Gasteiger partial charge in [-0.3, -0.25) is 9.13 Å². The minimum atomic E-state index is 0. The first-order valence-electron chi connectivity index (χ1n) is 7.47. The normalized spacial score (nSPS) is 10.7. The molecule has 3 rings (SSSR count). The smallest absolute Gasteiger partial charge is 0.328 e. The number of halogens is 1. The molecule has 1 aromatic heterocycles. The van der Waals surface area contributed by atoms with Gasteiger partial charge in [0.2, 0.25) is 0 Å². The van der Waals surface area contributed by atoms with E-state index >= 15 is 0 Å². The highest BCUT2D eigenvalue weighted by Gasteiger charge is 2.07. The molecule has 0 fully saturated rings. The highest BCUT2D eigenvalue weighted by molar-refractivity contribution is 5.76. The zero-order valence-corrected chi connectivity index (χ0v) is 14.4. The van der Waals surface area contributed by atoms with Crippen molar-refractivity contribution < 1.29 is 12.4 Å². The molecule has 0 amide bonds. The molecule has 1 N–H and O–H groups in total. The van der Waals surface area contributed by atoms with Crippen LogP contribution in [-0.4, -0.2) is 9.13 Å². The molecule has 23 heavy (non-hydrogen) atoms. The summed E-state index contributed by atoms with van der Waals surface area (Å²) in [4.78, 5) is 11.9. The molecule has 1 heterocycles. The number of fused-ring (bicyclic) bond motifs is 1. The maximum Gasteiger partial charge on any atom is 0.328 e. The number of hydrogen-bond acceptors (Lipinski definition) is 2. The van der Waals surface area contributed by atoms with E-state index in [1.54, 1.807) is 16.2 Å². The molecule has 0 aliphatic heterocycles. The molecule has 0 radical (unpaired) electrons. The fraction of sp³-hybridized carbons (Fsp3) is 0.278. The van der Waals surface area contributed by atoms with Crippen LogP contribution in [0.1, 0.15) is 16.7 Å². The Morgan fingerprint density at radius 1 is 0.870 bits per heavy atom. The van der Waals surface area contributed by atoms with Gasteiger partial charge in [0.15, 0.2) is 0 Å². The van der Waals surface area contributed by atoms with Crippen LogP contribution < -0.4 is 23.4 Å². The third kappa shape index (κ3) is 3.49. The SMILES string of the molecule is Cc1ccc(CNCc2ccc3c(c2)n(C)c(=O)n3C)cc1.[Cl-]. The van der Waals surface area contributed by atoms with E-state index in [0.29, 0.717) is 0 Å². The predicted molar refractivity (Wildman–Crippen MR) is 89.9 cm³/mol. The van der Waals surface area contributed by atoms with E-state index in [4.69, 9.17) is 0 Å². The van der Waals surface area contributed by atoms with Crippen molar-refractivity contribution in [2.75, 3.05) is 0 Å². The van der Waals surface area contributed by atoms with Gasteiger partial charge in [0, 0.05) is 27.2 Å². The van der Waals surface area contributed by atoms with Crippen molar-refractivity contribution in [2.24, 2.45) is 14.1 Å². The van der Waals surface area contributed by atoms with Gasteiger partial charge in [-0.25, -0.2) is 4.79 Å². The summed E-state index contributed by atoms with van der Waals surface area (Å²) in [5, 5.41) is 3.45. The molecular formula is C18H21ClN3O-. The van der Waals surface area contributed by atoms with Crippen molar-refractivity contribution in [1.82, 2.24) is 14.5 Å². The van der Waals surface area contributed by atoms with Gasteiger partial charge in [-0.05, 0) is 30.2 Å². The molecule has 0 saturated heterocycles. The standard InChI is InChI=1S/C18H21N3O.ClH/c1-13-4-6-14(7-5-13)11-19-12-15-8-9-16-17(10-15)21(3)18(22)20(16)2;/h4-10,19H,11-12H2,1-3H3;1H/p-1. The van der Waals surface area contributed by atoms with Gasteiger partial charge in [-0.2, -0.15) is 0 Å². The molecule has 2 aromatic carbocycles. The highest BCUT2D eigenvalue weighted by atomic mass is 35.5. The van der Waals surface area contributed by atoms with Crippen LogP contribution in [0.2, 0.25) is 0 Å². The lowest BCUT2D eigenvalue weighted by Gasteiger charge is -2.06. The summed E-state index contributed by atoms with van der Waals surface area (Å²) in [6.45, 7) is 3.72. The number of nitrogens with zero attached hydrogens (tertiary/aromatic N) is 2. The molecule has 5 heteroatoms. The topological polar surface area (TPSA) is 39.0 Å². The molecule has 0 aliphatic carbocycles. The van der Waals surface area contributed by atoms with E-state index in [9.17, 15) is 4.79 Å². The van der Waals surface area contributed by atoms with Crippen molar-refractivity contribution in [3.8, 4) is 0 Å². The second-order valence-corrected chi connectivity index (χ2v) is 5.81. The van der Waals surface area contributed by atoms with Gasteiger partial charge in [-0.1, -0.05) is 35.9 Å². The first-order valence-corrected chi connectivity index (χ1v) is 7.47. The number of aryl methyl sites for hydroxylation is 3. The Balaban J connectivity index is 0.00000192. The Bertz CT molecular complexity index is 862. The van der Waals surface area contributed by atoms with Crippen molar-refractivity contribution in [2.45, 2.75) is 20.0 Å². The lowest BCUT2D eigenvalue weighted by Crippen LogP contribution is -3.00. The maximum absolute atomic E-state index is 11.9. The first-order chi connectivity index (χ1) is 10.6. The minimum Gasteiger partial charge on any atom is -1.00 e. The van der Waals surface area contributed by atoms with Gasteiger partial charge in [0.1, 0.15) is 0 Å². The second kappa shape index (κ2) is 7.02. The van der Waals surface area contributed by atoms with E-state index < -0.39 is 0 Å². The summed E-state index contributed by atoms with van der Waals surface area (Å²) in [5.74, 6) is 0. The number of aromatic nitrogens is 2. The Labute approximate surface area is 142 Å². The fourth-order valence-electron chi connectivity index (χ4n) is 2.72. The van der Waals surface area contributed by atoms with E-state index in [1.807, 2.05) is 13.1 Å². The lowest BCUT2D eigenvalue weighted by molar-refractivity contribution is -0.00000472. The molecule has 0 aliphatic rings. The van der Waals surface area contributed by atoms with E-state index in [1.165, 1.54) is 16.7 Å². The average molecular weight is 331 g/mol. The third-order valence-corrected chi connectivity index (χ3v) is 4.12. The molecule has 0 spiro atoms. The van der Waals surface area contributed by atoms with Crippen molar-refractivity contribution >= 4 is 11.0 Å². The largest absolute Gasteiger partial charge is 1.00 e. The van der Waals surface area contributed by atoms with Gasteiger partial charge < -0.3 is 17.7 Å². The Kier molecular flexibility index (Phi) is 5.29. The lowest BCUT2D eigenvalue weighted by atomic mass is 10.1. The fourth-order valence-corrected chi connectivity index (χ4v) is 2.72. The van der Waals surface area contributed by atoms with Crippen LogP contribution in [0.3, 0.4) is 0 Å². The van der Waals surface area contributed by atoms with Gasteiger partial charge in [0.25, 0.3) is 0 Å². The maximum atomic E-state index is 11.9. The van der Waals surface area contributed by atoms with Crippen LogP contribution in [0.4, 0.5) is 0 Å². The van der Waals surface area contributed by atoms with Crippen molar-refractivity contribution in [1.29, 1.82) is 0 Å². The number of imidazole rings is 1. The zero-order chi connectivity index (χ0) is 15.7. The van der Waals surface area contributed by atoms with Crippen LogP contribution in [0, 0.1) is 6.92 Å². The van der Waals surface area contributed by atoms with Crippen molar-refractivity contribution in [3.63, 3.8) is 0 Å². The summed E-state index contributed by atoms with van der Waals surface area (Å²) < 4.78 is 3.37. The minimum absolute atomic E-state index is 0. The first kappa shape index (κ1) is 17.3. The third-order valence-electron chi connectivity index (χ3n) is 4.12. The summed E-state index contributed by atoms with van der Waals surface area (Å²) in [7, 11) is 3.62. The summed E-state index contributed by atoms with van der Waals surface area (Å²) in [6.07, 6.45) is 0. The summed E-state index contributed by atoms with van der Waals surface area (Å²) in [6, 6.07) is 14.7. The number of hydrogen-bond donors (Lipinski definition) is 1. The summed E-state index contributed by atoms with van der Waals surface area (Å²) in [5.41, 5.74) is 5.69. The van der Waals surface area contributed by atoms with Crippen molar-refractivity contribution in [3.05, 3.63) is 69.6 Å². The van der Waals surface area contributed by atoms with E-state index in [-0.39, 0.29) is 18.1 Å². The molecule has 0 atom stereocenters. The molecule has 0 unspecified atom stereocenters. The molecule has 3 aromatic rings. The Morgan fingerprint density at radius 3 is 2.13 bits per heavy atom. The van der Waals surface area contributed by atoms with Crippen LogP contribution in [0.25, 0.3) is 11.0 Å².